The van der Waals surface area contributed by atoms with Crippen LogP contribution >= 0.6 is 11.3 Å². The Morgan fingerprint density at radius 1 is 1.26 bits per heavy atom. The number of carbonyl (C=O) groups is 1. The predicted octanol–water partition coefficient (Wildman–Crippen LogP) is 4.43. The summed E-state index contributed by atoms with van der Waals surface area (Å²) in [7, 11) is 0. The second-order valence-corrected chi connectivity index (χ2v) is 7.71. The Balaban J connectivity index is 1.28. The average molecular weight is 382 g/mol. The van der Waals surface area contributed by atoms with Crippen LogP contribution in [0.3, 0.4) is 0 Å². The van der Waals surface area contributed by atoms with E-state index in [9.17, 15) is 4.79 Å². The van der Waals surface area contributed by atoms with Crippen molar-refractivity contribution < 1.29 is 14.3 Å². The SMILES string of the molecule is O=C(CCc1nc2ccccc2s1)Nc1cccc(OCC2CCCO2)c1. The molecule has 1 saturated heterocycles. The highest BCUT2D eigenvalue weighted by atomic mass is 32.1. The van der Waals surface area contributed by atoms with Crippen LogP contribution in [0.15, 0.2) is 48.5 Å². The summed E-state index contributed by atoms with van der Waals surface area (Å²) in [5.74, 6) is 0.722. The largest absolute Gasteiger partial charge is 0.491 e. The molecule has 0 aliphatic carbocycles. The van der Waals surface area contributed by atoms with E-state index < -0.39 is 0 Å². The van der Waals surface area contributed by atoms with Gasteiger partial charge in [-0.25, -0.2) is 4.98 Å². The number of ether oxygens (including phenoxy) is 2. The zero-order chi connectivity index (χ0) is 18.5. The number of hydrogen-bond donors (Lipinski definition) is 1. The lowest BCUT2D eigenvalue weighted by molar-refractivity contribution is -0.116. The molecule has 3 aromatic rings. The summed E-state index contributed by atoms with van der Waals surface area (Å²) in [4.78, 5) is 16.9. The van der Waals surface area contributed by atoms with Gasteiger partial charge in [0.15, 0.2) is 0 Å². The van der Waals surface area contributed by atoms with E-state index in [1.807, 2.05) is 42.5 Å². The normalized spacial score (nSPS) is 16.5. The minimum Gasteiger partial charge on any atom is -0.491 e. The number of aryl methyl sites for hydroxylation is 1. The van der Waals surface area contributed by atoms with Crippen LogP contribution in [0.1, 0.15) is 24.3 Å². The molecular formula is C21H22N2O3S. The van der Waals surface area contributed by atoms with Crippen molar-refractivity contribution in [3.63, 3.8) is 0 Å². The van der Waals surface area contributed by atoms with Gasteiger partial charge in [0.25, 0.3) is 0 Å². The molecule has 27 heavy (non-hydrogen) atoms. The Hall–Kier alpha value is -2.44. The Labute approximate surface area is 162 Å². The first-order chi connectivity index (χ1) is 13.3. The molecule has 1 N–H and O–H groups in total. The Morgan fingerprint density at radius 3 is 3.04 bits per heavy atom. The van der Waals surface area contributed by atoms with Gasteiger partial charge < -0.3 is 14.8 Å². The highest BCUT2D eigenvalue weighted by Gasteiger charge is 2.16. The lowest BCUT2D eigenvalue weighted by Crippen LogP contribution is -2.16. The molecule has 0 radical (unpaired) electrons. The molecule has 2 aromatic carbocycles. The first-order valence-corrected chi connectivity index (χ1v) is 10.1. The Kier molecular flexibility index (Phi) is 5.65. The number of nitrogens with zero attached hydrogens (tertiary/aromatic N) is 1. The van der Waals surface area contributed by atoms with Gasteiger partial charge in [-0.15, -0.1) is 11.3 Å². The van der Waals surface area contributed by atoms with Gasteiger partial charge in [0.05, 0.1) is 21.3 Å². The van der Waals surface area contributed by atoms with Crippen LogP contribution in [0.25, 0.3) is 10.2 Å². The van der Waals surface area contributed by atoms with Gasteiger partial charge in [0.2, 0.25) is 5.91 Å². The van der Waals surface area contributed by atoms with E-state index in [2.05, 4.69) is 16.4 Å². The smallest absolute Gasteiger partial charge is 0.224 e. The van der Waals surface area contributed by atoms with Gasteiger partial charge in [0.1, 0.15) is 12.4 Å². The number of hydrogen-bond acceptors (Lipinski definition) is 5. The Morgan fingerprint density at radius 2 is 2.19 bits per heavy atom. The number of benzene rings is 2. The average Bonchev–Trinajstić information content (AvgIpc) is 3.34. The fourth-order valence-corrected chi connectivity index (χ4v) is 4.07. The number of amides is 1. The van der Waals surface area contributed by atoms with Crippen molar-refractivity contribution in [3.8, 4) is 5.75 Å². The van der Waals surface area contributed by atoms with E-state index in [4.69, 9.17) is 9.47 Å². The Bertz CT molecular complexity index is 885. The number of anilines is 1. The first-order valence-electron chi connectivity index (χ1n) is 9.25. The lowest BCUT2D eigenvalue weighted by atomic mass is 10.2. The molecule has 1 aromatic heterocycles. The van der Waals surface area contributed by atoms with E-state index in [1.54, 1.807) is 11.3 Å². The number of fused-ring (bicyclic) bond motifs is 1. The van der Waals surface area contributed by atoms with Crippen molar-refractivity contribution >= 4 is 33.1 Å². The van der Waals surface area contributed by atoms with Gasteiger partial charge >= 0.3 is 0 Å². The summed E-state index contributed by atoms with van der Waals surface area (Å²) >= 11 is 1.64. The maximum absolute atomic E-state index is 12.3. The third kappa shape index (κ3) is 4.84. The third-order valence-corrected chi connectivity index (χ3v) is 5.58. The highest BCUT2D eigenvalue weighted by Crippen LogP contribution is 2.23. The van der Waals surface area contributed by atoms with Crippen LogP contribution in [-0.2, 0) is 16.0 Å². The summed E-state index contributed by atoms with van der Waals surface area (Å²) in [5.41, 5.74) is 1.74. The standard InChI is InChI=1S/C21H22N2O3S/c24-20(10-11-21-23-18-8-1-2-9-19(18)27-21)22-15-5-3-6-16(13-15)26-14-17-7-4-12-25-17/h1-3,5-6,8-9,13,17H,4,7,10-12,14H2,(H,22,24). The van der Waals surface area contributed by atoms with Gasteiger partial charge in [0, 0.05) is 31.2 Å². The molecule has 0 bridgehead atoms. The maximum atomic E-state index is 12.3. The van der Waals surface area contributed by atoms with E-state index >= 15 is 0 Å². The van der Waals surface area contributed by atoms with Crippen LogP contribution < -0.4 is 10.1 Å². The number of thiazole rings is 1. The van der Waals surface area contributed by atoms with Crippen LogP contribution in [0.2, 0.25) is 0 Å². The molecule has 1 aliphatic rings. The zero-order valence-electron chi connectivity index (χ0n) is 15.0. The number of aromatic nitrogens is 1. The van der Waals surface area contributed by atoms with Crippen LogP contribution in [0.5, 0.6) is 5.75 Å². The minimum atomic E-state index is -0.0227. The molecular weight excluding hydrogens is 360 g/mol. The lowest BCUT2D eigenvalue weighted by Gasteiger charge is -2.12. The van der Waals surface area contributed by atoms with Crippen molar-refractivity contribution in [2.24, 2.45) is 0 Å². The van der Waals surface area contributed by atoms with Crippen molar-refractivity contribution in [3.05, 3.63) is 53.5 Å². The van der Waals surface area contributed by atoms with E-state index in [0.717, 1.165) is 46.1 Å². The summed E-state index contributed by atoms with van der Waals surface area (Å²) in [6, 6.07) is 15.5. The molecule has 140 valence electrons. The fourth-order valence-electron chi connectivity index (χ4n) is 3.10. The van der Waals surface area contributed by atoms with Crippen molar-refractivity contribution in [2.75, 3.05) is 18.5 Å². The molecule has 0 saturated carbocycles. The number of para-hydroxylation sites is 1. The van der Waals surface area contributed by atoms with E-state index in [0.29, 0.717) is 19.4 Å². The second-order valence-electron chi connectivity index (χ2n) is 6.60. The molecule has 1 aliphatic heterocycles. The molecule has 4 rings (SSSR count). The summed E-state index contributed by atoms with van der Waals surface area (Å²) in [6.07, 6.45) is 3.36. The monoisotopic (exact) mass is 382 g/mol. The summed E-state index contributed by atoms with van der Waals surface area (Å²) < 4.78 is 12.5. The minimum absolute atomic E-state index is 0.0227. The highest BCUT2D eigenvalue weighted by molar-refractivity contribution is 7.18. The molecule has 5 nitrogen and oxygen atoms in total. The molecule has 1 amide bonds. The first kappa shape index (κ1) is 17.9. The van der Waals surface area contributed by atoms with Crippen LogP contribution in [0, 0.1) is 0 Å². The zero-order valence-corrected chi connectivity index (χ0v) is 15.8. The van der Waals surface area contributed by atoms with Gasteiger partial charge in [-0.1, -0.05) is 18.2 Å². The number of carbonyl (C=O) groups excluding carboxylic acids is 1. The van der Waals surface area contributed by atoms with Gasteiger partial charge in [-0.05, 0) is 37.1 Å². The topological polar surface area (TPSA) is 60.5 Å². The number of rotatable bonds is 7. The van der Waals surface area contributed by atoms with Crippen molar-refractivity contribution in [2.45, 2.75) is 31.8 Å². The number of nitrogens with one attached hydrogen (secondary N) is 1. The van der Waals surface area contributed by atoms with Gasteiger partial charge in [-0.2, -0.15) is 0 Å². The molecule has 1 atom stereocenters. The molecule has 0 spiro atoms. The molecule has 1 unspecified atom stereocenters. The predicted molar refractivity (Wildman–Crippen MR) is 107 cm³/mol. The van der Waals surface area contributed by atoms with E-state index in [-0.39, 0.29) is 12.0 Å². The second kappa shape index (κ2) is 8.50. The van der Waals surface area contributed by atoms with Crippen molar-refractivity contribution in [1.82, 2.24) is 4.98 Å². The molecule has 6 heteroatoms. The van der Waals surface area contributed by atoms with Crippen LogP contribution in [0.4, 0.5) is 5.69 Å². The fraction of sp³-hybridized carbons (Fsp3) is 0.333. The van der Waals surface area contributed by atoms with Crippen molar-refractivity contribution in [1.29, 1.82) is 0 Å². The van der Waals surface area contributed by atoms with E-state index in [1.165, 1.54) is 0 Å². The van der Waals surface area contributed by atoms with Gasteiger partial charge in [-0.3, -0.25) is 4.79 Å². The molecule has 2 heterocycles. The quantitative estimate of drug-likeness (QED) is 0.657. The third-order valence-electron chi connectivity index (χ3n) is 4.48. The maximum Gasteiger partial charge on any atom is 0.224 e. The van der Waals surface area contributed by atoms with Crippen LogP contribution in [-0.4, -0.2) is 30.2 Å². The molecule has 1 fully saturated rings. The summed E-state index contributed by atoms with van der Waals surface area (Å²) in [6.45, 7) is 1.37. The summed E-state index contributed by atoms with van der Waals surface area (Å²) in [5, 5.41) is 3.93.